The Morgan fingerprint density at radius 2 is 2.07 bits per heavy atom. The van der Waals surface area contributed by atoms with Crippen molar-refractivity contribution in [2.75, 3.05) is 5.73 Å². The summed E-state index contributed by atoms with van der Waals surface area (Å²) < 4.78 is 14.3. The van der Waals surface area contributed by atoms with Crippen molar-refractivity contribution in [3.05, 3.63) is 33.6 Å². The number of fused-ring (bicyclic) bond motifs is 1. The van der Waals surface area contributed by atoms with Gasteiger partial charge in [0.1, 0.15) is 5.82 Å². The fourth-order valence-corrected chi connectivity index (χ4v) is 2.27. The van der Waals surface area contributed by atoms with Gasteiger partial charge in [-0.25, -0.2) is 4.39 Å². The van der Waals surface area contributed by atoms with Gasteiger partial charge in [-0.05, 0) is 22.0 Å². The maximum absolute atomic E-state index is 13.7. The molecule has 1 nitrogen and oxygen atoms in total. The molecule has 0 unspecified atom stereocenters. The van der Waals surface area contributed by atoms with Crippen LogP contribution in [0.25, 0.3) is 6.08 Å². The van der Waals surface area contributed by atoms with E-state index in [1.807, 2.05) is 26.0 Å². The lowest BCUT2D eigenvalue weighted by atomic mass is 9.86. The number of rotatable bonds is 0. The van der Waals surface area contributed by atoms with E-state index in [4.69, 9.17) is 5.73 Å². The van der Waals surface area contributed by atoms with Gasteiger partial charge in [0.25, 0.3) is 0 Å². The van der Waals surface area contributed by atoms with E-state index in [-0.39, 0.29) is 11.2 Å². The van der Waals surface area contributed by atoms with Crippen LogP contribution in [0.2, 0.25) is 0 Å². The standard InChI is InChI=1S/C11H11BrFN/c1-11(2)4-3-6-9(11)8(13)5-7(12)10(6)14/h3-5H,14H2,1-2H3. The molecule has 2 N–H and O–H groups in total. The normalized spacial score (nSPS) is 17.1. The molecule has 0 saturated carbocycles. The van der Waals surface area contributed by atoms with Gasteiger partial charge in [-0.2, -0.15) is 0 Å². The summed E-state index contributed by atoms with van der Waals surface area (Å²) in [4.78, 5) is 0. The van der Waals surface area contributed by atoms with E-state index in [1.54, 1.807) is 0 Å². The number of allylic oxidation sites excluding steroid dienone is 1. The summed E-state index contributed by atoms with van der Waals surface area (Å²) in [6, 6.07) is 1.43. The number of benzene rings is 1. The first-order valence-electron chi connectivity index (χ1n) is 4.40. The Hall–Kier alpha value is -0.830. The molecule has 1 aliphatic carbocycles. The molecule has 0 radical (unpaired) electrons. The quantitative estimate of drug-likeness (QED) is 0.706. The second-order valence-electron chi connectivity index (χ2n) is 4.10. The van der Waals surface area contributed by atoms with Crippen molar-refractivity contribution in [1.29, 1.82) is 0 Å². The van der Waals surface area contributed by atoms with E-state index < -0.39 is 0 Å². The van der Waals surface area contributed by atoms with Crippen molar-refractivity contribution in [2.45, 2.75) is 19.3 Å². The highest BCUT2D eigenvalue weighted by Gasteiger charge is 2.30. The molecule has 2 rings (SSSR count). The van der Waals surface area contributed by atoms with Crippen molar-refractivity contribution in [3.63, 3.8) is 0 Å². The lowest BCUT2D eigenvalue weighted by molar-refractivity contribution is 0.564. The molecule has 0 bridgehead atoms. The second kappa shape index (κ2) is 2.83. The first-order chi connectivity index (χ1) is 6.43. The third-order valence-corrected chi connectivity index (χ3v) is 3.28. The molecule has 1 aliphatic rings. The van der Waals surface area contributed by atoms with Crippen LogP contribution < -0.4 is 5.73 Å². The molecule has 0 heterocycles. The van der Waals surface area contributed by atoms with Crippen molar-refractivity contribution < 1.29 is 4.39 Å². The minimum atomic E-state index is -0.256. The summed E-state index contributed by atoms with van der Waals surface area (Å²) in [5, 5.41) is 0. The summed E-state index contributed by atoms with van der Waals surface area (Å²) in [6.07, 6.45) is 3.86. The van der Waals surface area contributed by atoms with Crippen molar-refractivity contribution in [1.82, 2.24) is 0 Å². The first-order valence-corrected chi connectivity index (χ1v) is 5.20. The zero-order chi connectivity index (χ0) is 10.5. The average Bonchev–Trinajstić information content (AvgIpc) is 2.38. The Kier molecular flexibility index (Phi) is 1.96. The van der Waals surface area contributed by atoms with Crippen LogP contribution in [0.3, 0.4) is 0 Å². The van der Waals surface area contributed by atoms with Crippen LogP contribution in [-0.4, -0.2) is 0 Å². The van der Waals surface area contributed by atoms with Crippen molar-refractivity contribution in [3.8, 4) is 0 Å². The summed E-state index contributed by atoms with van der Waals surface area (Å²) in [6.45, 7) is 3.96. The van der Waals surface area contributed by atoms with Gasteiger partial charge in [-0.15, -0.1) is 0 Å². The van der Waals surface area contributed by atoms with Crippen LogP contribution in [0, 0.1) is 5.82 Å². The van der Waals surface area contributed by atoms with Gasteiger partial charge >= 0.3 is 0 Å². The van der Waals surface area contributed by atoms with Gasteiger partial charge < -0.3 is 5.73 Å². The maximum Gasteiger partial charge on any atom is 0.129 e. The highest BCUT2D eigenvalue weighted by atomic mass is 79.9. The molecule has 0 aromatic heterocycles. The highest BCUT2D eigenvalue weighted by Crippen LogP contribution is 2.42. The molecule has 1 aromatic carbocycles. The number of halogens is 2. The van der Waals surface area contributed by atoms with E-state index in [2.05, 4.69) is 15.9 Å². The van der Waals surface area contributed by atoms with Crippen molar-refractivity contribution in [2.24, 2.45) is 0 Å². The van der Waals surface area contributed by atoms with Crippen LogP contribution in [0.4, 0.5) is 10.1 Å². The fourth-order valence-electron chi connectivity index (χ4n) is 1.86. The summed E-state index contributed by atoms with van der Waals surface area (Å²) in [5.41, 5.74) is 7.72. The van der Waals surface area contributed by atoms with E-state index in [1.165, 1.54) is 6.07 Å². The third-order valence-electron chi connectivity index (χ3n) is 2.62. The number of hydrogen-bond donors (Lipinski definition) is 1. The van der Waals surface area contributed by atoms with Gasteiger partial charge in [0.15, 0.2) is 0 Å². The predicted molar refractivity (Wildman–Crippen MR) is 60.6 cm³/mol. The highest BCUT2D eigenvalue weighted by molar-refractivity contribution is 9.10. The minimum absolute atomic E-state index is 0.198. The summed E-state index contributed by atoms with van der Waals surface area (Å²) >= 11 is 3.24. The van der Waals surface area contributed by atoms with Gasteiger partial charge in [-0.3, -0.25) is 0 Å². The number of nitrogens with two attached hydrogens (primary N) is 1. The molecule has 3 heteroatoms. The lowest BCUT2D eigenvalue weighted by Gasteiger charge is -2.19. The lowest BCUT2D eigenvalue weighted by Crippen LogP contribution is -2.14. The van der Waals surface area contributed by atoms with E-state index in [0.717, 1.165) is 5.56 Å². The molecule has 0 spiro atoms. The molecule has 0 saturated heterocycles. The first kappa shape index (κ1) is 9.71. The summed E-state index contributed by atoms with van der Waals surface area (Å²) in [7, 11) is 0. The van der Waals surface area contributed by atoms with Gasteiger partial charge in [0, 0.05) is 21.0 Å². The smallest absolute Gasteiger partial charge is 0.129 e. The van der Waals surface area contributed by atoms with Crippen LogP contribution in [0.15, 0.2) is 16.6 Å². The molecular weight excluding hydrogens is 245 g/mol. The molecule has 0 fully saturated rings. The Morgan fingerprint density at radius 3 is 2.71 bits per heavy atom. The predicted octanol–water partition coefficient (Wildman–Crippen LogP) is 3.47. The zero-order valence-electron chi connectivity index (χ0n) is 8.07. The molecule has 74 valence electrons. The zero-order valence-corrected chi connectivity index (χ0v) is 9.65. The van der Waals surface area contributed by atoms with Crippen molar-refractivity contribution >= 4 is 27.7 Å². The SMILES string of the molecule is CC1(C)C=Cc2c(N)c(Br)cc(F)c21. The van der Waals surface area contributed by atoms with Crippen LogP contribution in [0.5, 0.6) is 0 Å². The minimum Gasteiger partial charge on any atom is -0.397 e. The fraction of sp³-hybridized carbons (Fsp3) is 0.273. The Bertz CT molecular complexity index is 435. The van der Waals surface area contributed by atoms with Crippen LogP contribution in [0.1, 0.15) is 25.0 Å². The Morgan fingerprint density at radius 1 is 1.43 bits per heavy atom. The van der Waals surface area contributed by atoms with Gasteiger partial charge in [0.05, 0.1) is 5.69 Å². The van der Waals surface area contributed by atoms with Gasteiger partial charge in [0.2, 0.25) is 0 Å². The van der Waals surface area contributed by atoms with E-state index in [0.29, 0.717) is 15.7 Å². The second-order valence-corrected chi connectivity index (χ2v) is 4.95. The monoisotopic (exact) mass is 255 g/mol. The molecule has 0 amide bonds. The number of hydrogen-bond acceptors (Lipinski definition) is 1. The van der Waals surface area contributed by atoms with E-state index >= 15 is 0 Å². The average molecular weight is 256 g/mol. The number of anilines is 1. The molecular formula is C11H11BrFN. The third kappa shape index (κ3) is 1.19. The Labute approximate surface area is 90.9 Å². The molecule has 14 heavy (non-hydrogen) atoms. The largest absolute Gasteiger partial charge is 0.397 e. The molecule has 0 atom stereocenters. The van der Waals surface area contributed by atoms with Crippen LogP contribution >= 0.6 is 15.9 Å². The summed E-state index contributed by atoms with van der Waals surface area (Å²) in [5.74, 6) is -0.198. The topological polar surface area (TPSA) is 26.0 Å². The Balaban J connectivity index is 2.79. The van der Waals surface area contributed by atoms with E-state index in [9.17, 15) is 4.39 Å². The van der Waals surface area contributed by atoms with Gasteiger partial charge in [-0.1, -0.05) is 26.0 Å². The molecule has 0 aliphatic heterocycles. The van der Waals surface area contributed by atoms with Crippen LogP contribution in [-0.2, 0) is 5.41 Å². The molecule has 1 aromatic rings. The number of nitrogen functional groups attached to an aromatic ring is 1. The maximum atomic E-state index is 13.7.